The van der Waals surface area contributed by atoms with Crippen molar-refractivity contribution in [3.63, 3.8) is 0 Å². The maximum Gasteiger partial charge on any atom is 0.320 e. The van der Waals surface area contributed by atoms with Crippen molar-refractivity contribution in [1.82, 2.24) is 0 Å². The molecule has 0 spiro atoms. The van der Waals surface area contributed by atoms with E-state index in [2.05, 4.69) is 0 Å². The molecule has 0 saturated carbocycles. The Hall–Kier alpha value is -0.940. The zero-order valence-corrected chi connectivity index (χ0v) is 8.50. The second kappa shape index (κ2) is 5.72. The summed E-state index contributed by atoms with van der Waals surface area (Å²) in [7, 11) is 0. The van der Waals surface area contributed by atoms with Crippen LogP contribution in [-0.4, -0.2) is 22.9 Å². The lowest BCUT2D eigenvalue weighted by Crippen LogP contribution is -2.30. The van der Waals surface area contributed by atoms with Crippen LogP contribution in [0.15, 0.2) is 22.8 Å². The van der Waals surface area contributed by atoms with Gasteiger partial charge in [-0.2, -0.15) is 11.8 Å². The van der Waals surface area contributed by atoms with Crippen LogP contribution < -0.4 is 5.73 Å². The molecule has 1 atom stereocenters. The van der Waals surface area contributed by atoms with Gasteiger partial charge in [-0.15, -0.1) is 0 Å². The summed E-state index contributed by atoms with van der Waals surface area (Å²) in [6.07, 6.45) is 2.11. The van der Waals surface area contributed by atoms with E-state index in [0.717, 1.165) is 17.3 Å². The number of rotatable bonds is 6. The topological polar surface area (TPSA) is 76.5 Å². The van der Waals surface area contributed by atoms with Crippen molar-refractivity contribution >= 4 is 17.7 Å². The molecule has 0 saturated heterocycles. The number of carboxylic acid groups (broad SMARTS) is 1. The molecule has 0 fully saturated rings. The Morgan fingerprint density at radius 1 is 1.71 bits per heavy atom. The van der Waals surface area contributed by atoms with Gasteiger partial charge in [-0.1, -0.05) is 0 Å². The Balaban J connectivity index is 2.08. The van der Waals surface area contributed by atoms with Crippen molar-refractivity contribution in [1.29, 1.82) is 0 Å². The van der Waals surface area contributed by atoms with Gasteiger partial charge in [-0.05, 0) is 24.3 Å². The van der Waals surface area contributed by atoms with Crippen molar-refractivity contribution in [2.45, 2.75) is 18.2 Å². The van der Waals surface area contributed by atoms with Crippen LogP contribution in [0.4, 0.5) is 0 Å². The number of carboxylic acids is 1. The first-order valence-electron chi connectivity index (χ1n) is 4.28. The highest BCUT2D eigenvalue weighted by molar-refractivity contribution is 7.98. The largest absolute Gasteiger partial charge is 0.480 e. The number of thioether (sulfide) groups is 1. The van der Waals surface area contributed by atoms with Crippen LogP contribution in [0.1, 0.15) is 12.2 Å². The van der Waals surface area contributed by atoms with Crippen molar-refractivity contribution in [2.75, 3.05) is 5.75 Å². The highest BCUT2D eigenvalue weighted by atomic mass is 32.2. The molecule has 1 heterocycles. The van der Waals surface area contributed by atoms with E-state index < -0.39 is 12.0 Å². The van der Waals surface area contributed by atoms with E-state index in [4.69, 9.17) is 15.3 Å². The number of nitrogens with two attached hydrogens (primary N) is 1. The van der Waals surface area contributed by atoms with Gasteiger partial charge >= 0.3 is 5.97 Å². The van der Waals surface area contributed by atoms with Gasteiger partial charge in [0.25, 0.3) is 0 Å². The number of carbonyl (C=O) groups is 1. The van der Waals surface area contributed by atoms with E-state index in [1.807, 2.05) is 12.1 Å². The molecule has 1 rings (SSSR count). The van der Waals surface area contributed by atoms with Gasteiger partial charge in [0, 0.05) is 0 Å². The smallest absolute Gasteiger partial charge is 0.320 e. The standard InChI is InChI=1S/C9H13NO3S/c10-8(9(11)12)3-5-14-6-7-2-1-4-13-7/h1-2,4,8H,3,5-6,10H2,(H,11,12)/t8-/m0/s1. The van der Waals surface area contributed by atoms with Crippen LogP contribution in [0.2, 0.25) is 0 Å². The summed E-state index contributed by atoms with van der Waals surface area (Å²) in [5.41, 5.74) is 5.34. The van der Waals surface area contributed by atoms with Crippen LogP contribution in [0, 0.1) is 0 Å². The number of hydrogen-bond donors (Lipinski definition) is 2. The van der Waals surface area contributed by atoms with Crippen molar-refractivity contribution in [3.05, 3.63) is 24.2 Å². The van der Waals surface area contributed by atoms with Gasteiger partial charge in [0.05, 0.1) is 12.0 Å². The maximum atomic E-state index is 10.4. The van der Waals surface area contributed by atoms with Crippen LogP contribution in [0.3, 0.4) is 0 Å². The Morgan fingerprint density at radius 3 is 3.07 bits per heavy atom. The van der Waals surface area contributed by atoms with Crippen LogP contribution in [0.5, 0.6) is 0 Å². The molecule has 0 aliphatic rings. The zero-order chi connectivity index (χ0) is 10.4. The van der Waals surface area contributed by atoms with Crippen molar-refractivity contribution in [2.24, 2.45) is 5.73 Å². The highest BCUT2D eigenvalue weighted by Gasteiger charge is 2.10. The maximum absolute atomic E-state index is 10.4. The minimum atomic E-state index is -0.941. The SMILES string of the molecule is N[C@@H](CCSCc1ccco1)C(=O)O. The summed E-state index contributed by atoms with van der Waals surface area (Å²) in [4.78, 5) is 10.4. The normalized spacial score (nSPS) is 12.6. The van der Waals surface area contributed by atoms with E-state index in [1.54, 1.807) is 18.0 Å². The average Bonchev–Trinajstić information content (AvgIpc) is 2.64. The molecular formula is C9H13NO3S. The first kappa shape index (κ1) is 11.1. The van der Waals surface area contributed by atoms with Crippen LogP contribution >= 0.6 is 11.8 Å². The minimum absolute atomic E-state index is 0.487. The molecule has 4 nitrogen and oxygen atoms in total. The third-order valence-electron chi connectivity index (χ3n) is 1.71. The molecule has 0 bridgehead atoms. The van der Waals surface area contributed by atoms with Gasteiger partial charge in [0.2, 0.25) is 0 Å². The molecule has 1 aromatic heterocycles. The fourth-order valence-electron chi connectivity index (χ4n) is 0.901. The van der Waals surface area contributed by atoms with Gasteiger partial charge in [0.15, 0.2) is 0 Å². The van der Waals surface area contributed by atoms with Crippen LogP contribution in [-0.2, 0) is 10.5 Å². The number of aliphatic carboxylic acids is 1. The molecule has 0 aliphatic heterocycles. The molecule has 78 valence electrons. The molecular weight excluding hydrogens is 202 g/mol. The summed E-state index contributed by atoms with van der Waals surface area (Å²) in [6.45, 7) is 0. The van der Waals surface area contributed by atoms with Crippen LogP contribution in [0.25, 0.3) is 0 Å². The number of hydrogen-bond acceptors (Lipinski definition) is 4. The first-order valence-corrected chi connectivity index (χ1v) is 5.44. The summed E-state index contributed by atoms with van der Waals surface area (Å²) < 4.78 is 5.12. The summed E-state index contributed by atoms with van der Waals surface area (Å²) >= 11 is 1.62. The number of furan rings is 1. The van der Waals surface area contributed by atoms with E-state index in [-0.39, 0.29) is 0 Å². The average molecular weight is 215 g/mol. The van der Waals surface area contributed by atoms with Gasteiger partial charge in [0.1, 0.15) is 11.8 Å². The lowest BCUT2D eigenvalue weighted by atomic mass is 10.2. The fourth-order valence-corrected chi connectivity index (χ4v) is 1.83. The van der Waals surface area contributed by atoms with E-state index in [9.17, 15) is 4.79 Å². The third-order valence-corrected chi connectivity index (χ3v) is 2.73. The molecule has 0 aliphatic carbocycles. The van der Waals surface area contributed by atoms with E-state index in [1.165, 1.54) is 0 Å². The highest BCUT2D eigenvalue weighted by Crippen LogP contribution is 2.13. The van der Waals surface area contributed by atoms with E-state index in [0.29, 0.717) is 6.42 Å². The molecule has 1 aromatic rings. The van der Waals surface area contributed by atoms with Gasteiger partial charge in [-0.3, -0.25) is 4.79 Å². The molecule has 0 unspecified atom stereocenters. The van der Waals surface area contributed by atoms with Crippen molar-refractivity contribution < 1.29 is 14.3 Å². The molecule has 5 heteroatoms. The minimum Gasteiger partial charge on any atom is -0.480 e. The first-order chi connectivity index (χ1) is 6.70. The molecule has 0 radical (unpaired) electrons. The second-order valence-corrected chi connectivity index (χ2v) is 3.97. The quantitative estimate of drug-likeness (QED) is 0.700. The molecule has 14 heavy (non-hydrogen) atoms. The van der Waals surface area contributed by atoms with E-state index >= 15 is 0 Å². The van der Waals surface area contributed by atoms with Gasteiger partial charge in [-0.25, -0.2) is 0 Å². The lowest BCUT2D eigenvalue weighted by molar-refractivity contribution is -0.138. The summed E-state index contributed by atoms with van der Waals surface area (Å²) in [5.74, 6) is 1.45. The Bertz CT molecular complexity index is 274. The Morgan fingerprint density at radius 2 is 2.50 bits per heavy atom. The molecule has 0 aromatic carbocycles. The molecule has 0 amide bonds. The predicted octanol–water partition coefficient (Wildman–Crippen LogP) is 1.31. The van der Waals surface area contributed by atoms with Crippen molar-refractivity contribution in [3.8, 4) is 0 Å². The summed E-state index contributed by atoms with van der Waals surface area (Å²) in [6, 6.07) is 2.97. The van der Waals surface area contributed by atoms with Gasteiger partial charge < -0.3 is 15.3 Å². The fraction of sp³-hybridized carbons (Fsp3) is 0.444. The monoisotopic (exact) mass is 215 g/mol. The zero-order valence-electron chi connectivity index (χ0n) is 7.68. The Kier molecular flexibility index (Phi) is 4.55. The summed E-state index contributed by atoms with van der Waals surface area (Å²) in [5, 5.41) is 8.51. The second-order valence-electron chi connectivity index (χ2n) is 2.87. The predicted molar refractivity (Wildman–Crippen MR) is 55.1 cm³/mol. The molecule has 3 N–H and O–H groups in total. The Labute approximate surface area is 86.5 Å². The lowest BCUT2D eigenvalue weighted by Gasteiger charge is -2.04. The third kappa shape index (κ3) is 3.85.